The van der Waals surface area contributed by atoms with E-state index in [1.165, 1.54) is 0 Å². The normalized spacial score (nSPS) is 11.6. The van der Waals surface area contributed by atoms with Crippen LogP contribution in [-0.2, 0) is 10.0 Å². The zero-order valence-corrected chi connectivity index (χ0v) is 11.5. The lowest BCUT2D eigenvalue weighted by atomic mass is 10.2. The fraction of sp³-hybridized carbons (Fsp3) is 0.385. The molecule has 5 heteroatoms. The summed E-state index contributed by atoms with van der Waals surface area (Å²) in [5.74, 6) is 5.21. The van der Waals surface area contributed by atoms with Gasteiger partial charge in [0.25, 0.3) is 0 Å². The van der Waals surface area contributed by atoms with E-state index in [9.17, 15) is 8.42 Å². The monoisotopic (exact) mass is 267 g/mol. The Morgan fingerprint density at radius 2 is 1.89 bits per heavy atom. The van der Waals surface area contributed by atoms with E-state index in [-0.39, 0.29) is 6.61 Å². The van der Waals surface area contributed by atoms with Crippen molar-refractivity contribution in [3.63, 3.8) is 0 Å². The van der Waals surface area contributed by atoms with Crippen molar-refractivity contribution in [2.24, 2.45) is 0 Å². The first-order chi connectivity index (χ1) is 8.28. The van der Waals surface area contributed by atoms with Crippen LogP contribution in [0, 0.1) is 11.8 Å². The highest BCUT2D eigenvalue weighted by Crippen LogP contribution is 2.21. The van der Waals surface area contributed by atoms with Crippen molar-refractivity contribution < 1.29 is 13.5 Å². The van der Waals surface area contributed by atoms with Crippen molar-refractivity contribution in [3.8, 4) is 11.8 Å². The Hall–Kier alpha value is -1.51. The van der Waals surface area contributed by atoms with Crippen molar-refractivity contribution in [2.45, 2.75) is 25.5 Å². The van der Waals surface area contributed by atoms with Crippen molar-refractivity contribution in [1.29, 1.82) is 0 Å². The maximum Gasteiger partial charge on any atom is 0.237 e. The van der Waals surface area contributed by atoms with E-state index in [1.54, 1.807) is 45.0 Å². The quantitative estimate of drug-likeness (QED) is 0.799. The molecule has 0 aliphatic heterocycles. The highest BCUT2D eigenvalue weighted by Gasteiger charge is 2.29. The van der Waals surface area contributed by atoms with Crippen molar-refractivity contribution in [2.75, 3.05) is 11.3 Å². The van der Waals surface area contributed by atoms with Gasteiger partial charge in [-0.15, -0.1) is 0 Å². The van der Waals surface area contributed by atoms with E-state index < -0.39 is 14.8 Å². The first kappa shape index (κ1) is 14.6. The molecule has 1 rings (SSSR count). The summed E-state index contributed by atoms with van der Waals surface area (Å²) in [7, 11) is -3.48. The molecule has 0 aromatic heterocycles. The average Bonchev–Trinajstić information content (AvgIpc) is 2.26. The molecule has 0 radical (unpaired) electrons. The number of benzene rings is 1. The molecule has 0 atom stereocenters. The summed E-state index contributed by atoms with van der Waals surface area (Å²) in [4.78, 5) is 0. The summed E-state index contributed by atoms with van der Waals surface area (Å²) in [6.07, 6.45) is 0. The van der Waals surface area contributed by atoms with Crippen LogP contribution in [0.2, 0.25) is 0 Å². The van der Waals surface area contributed by atoms with Gasteiger partial charge in [-0.2, -0.15) is 0 Å². The van der Waals surface area contributed by atoms with Gasteiger partial charge in [0, 0.05) is 5.56 Å². The Bertz CT molecular complexity index is 574. The van der Waals surface area contributed by atoms with Gasteiger partial charge < -0.3 is 5.11 Å². The van der Waals surface area contributed by atoms with E-state index in [1.807, 2.05) is 0 Å². The van der Waals surface area contributed by atoms with Gasteiger partial charge in [-0.05, 0) is 32.9 Å². The molecule has 0 aliphatic rings. The molecule has 1 aromatic carbocycles. The Morgan fingerprint density at radius 1 is 1.28 bits per heavy atom. The minimum absolute atomic E-state index is 0.264. The van der Waals surface area contributed by atoms with Gasteiger partial charge in [0.2, 0.25) is 10.0 Å². The van der Waals surface area contributed by atoms with Crippen LogP contribution in [0.5, 0.6) is 0 Å². The molecule has 0 unspecified atom stereocenters. The lowest BCUT2D eigenvalue weighted by Crippen LogP contribution is -2.33. The summed E-state index contributed by atoms with van der Waals surface area (Å²) in [5, 5.41) is 8.67. The van der Waals surface area contributed by atoms with Crippen LogP contribution >= 0.6 is 0 Å². The number of aliphatic hydroxyl groups excluding tert-OH is 1. The van der Waals surface area contributed by atoms with Crippen LogP contribution in [0.1, 0.15) is 26.3 Å². The number of hydrogen-bond donors (Lipinski definition) is 2. The smallest absolute Gasteiger partial charge is 0.237 e. The second-order valence-electron chi connectivity index (χ2n) is 4.72. The number of anilines is 1. The second-order valence-corrected chi connectivity index (χ2v) is 7.16. The van der Waals surface area contributed by atoms with E-state index in [0.29, 0.717) is 11.3 Å². The fourth-order valence-corrected chi connectivity index (χ4v) is 1.89. The average molecular weight is 267 g/mol. The Labute approximate surface area is 108 Å². The molecule has 0 saturated heterocycles. The van der Waals surface area contributed by atoms with Crippen LogP contribution in [0.15, 0.2) is 24.3 Å². The molecule has 98 valence electrons. The molecule has 0 saturated carbocycles. The SMILES string of the molecule is CC(C)(C)S(=O)(=O)Nc1ccccc1C#CCO. The topological polar surface area (TPSA) is 66.4 Å². The van der Waals surface area contributed by atoms with Gasteiger partial charge in [0.05, 0.1) is 10.4 Å². The summed E-state index contributed by atoms with van der Waals surface area (Å²) >= 11 is 0. The third-order valence-corrected chi connectivity index (χ3v) is 4.38. The van der Waals surface area contributed by atoms with Crippen molar-refractivity contribution in [3.05, 3.63) is 29.8 Å². The molecular formula is C13H17NO3S. The molecule has 0 heterocycles. The third-order valence-electron chi connectivity index (χ3n) is 2.28. The predicted molar refractivity (Wildman–Crippen MR) is 72.7 cm³/mol. The van der Waals surface area contributed by atoms with E-state index in [0.717, 1.165) is 0 Å². The molecule has 0 bridgehead atoms. The van der Waals surface area contributed by atoms with Crippen LogP contribution in [0.4, 0.5) is 5.69 Å². The van der Waals surface area contributed by atoms with E-state index in [2.05, 4.69) is 16.6 Å². The van der Waals surface area contributed by atoms with E-state index in [4.69, 9.17) is 5.11 Å². The molecule has 0 amide bonds. The number of rotatable bonds is 2. The number of para-hydroxylation sites is 1. The summed E-state index contributed by atoms with van der Waals surface area (Å²) < 4.78 is 25.7. The molecule has 1 aromatic rings. The minimum Gasteiger partial charge on any atom is -0.384 e. The summed E-state index contributed by atoms with van der Waals surface area (Å²) in [6.45, 7) is 4.60. The number of sulfonamides is 1. The van der Waals surface area contributed by atoms with Gasteiger partial charge in [-0.1, -0.05) is 24.0 Å². The van der Waals surface area contributed by atoms with Crippen LogP contribution in [0.3, 0.4) is 0 Å². The van der Waals surface area contributed by atoms with Gasteiger partial charge in [-0.25, -0.2) is 8.42 Å². The zero-order valence-electron chi connectivity index (χ0n) is 10.7. The highest BCUT2D eigenvalue weighted by molar-refractivity contribution is 7.94. The standard InChI is InChI=1S/C13H17NO3S/c1-13(2,3)18(16,17)14-12-9-5-4-7-11(12)8-6-10-15/h4-5,7,9,14-15H,10H2,1-3H3. The minimum atomic E-state index is -3.48. The lowest BCUT2D eigenvalue weighted by molar-refractivity contribution is 0.350. The zero-order chi connectivity index (χ0) is 13.8. The predicted octanol–water partition coefficient (Wildman–Crippen LogP) is 1.57. The highest BCUT2D eigenvalue weighted by atomic mass is 32.2. The maximum atomic E-state index is 12.0. The molecule has 4 nitrogen and oxygen atoms in total. The third kappa shape index (κ3) is 3.49. The number of nitrogens with one attached hydrogen (secondary N) is 1. The number of hydrogen-bond acceptors (Lipinski definition) is 3. The molecule has 2 N–H and O–H groups in total. The Kier molecular flexibility index (Phi) is 4.38. The second kappa shape index (κ2) is 5.42. The molecule has 0 fully saturated rings. The van der Waals surface area contributed by atoms with Gasteiger partial charge in [0.15, 0.2) is 0 Å². The largest absolute Gasteiger partial charge is 0.384 e. The van der Waals surface area contributed by atoms with E-state index >= 15 is 0 Å². The summed E-state index contributed by atoms with van der Waals surface area (Å²) in [5.41, 5.74) is 0.966. The number of aliphatic hydroxyl groups is 1. The summed E-state index contributed by atoms with van der Waals surface area (Å²) in [6, 6.07) is 6.83. The Morgan fingerprint density at radius 3 is 2.44 bits per heavy atom. The first-order valence-corrected chi connectivity index (χ1v) is 6.97. The first-order valence-electron chi connectivity index (χ1n) is 5.49. The molecule has 0 spiro atoms. The van der Waals surface area contributed by atoms with Crippen LogP contribution in [0.25, 0.3) is 0 Å². The molecule has 0 aliphatic carbocycles. The van der Waals surface area contributed by atoms with Gasteiger partial charge >= 0.3 is 0 Å². The Balaban J connectivity index is 3.13. The van der Waals surface area contributed by atoms with Crippen molar-refractivity contribution >= 4 is 15.7 Å². The van der Waals surface area contributed by atoms with Gasteiger partial charge in [-0.3, -0.25) is 4.72 Å². The lowest BCUT2D eigenvalue weighted by Gasteiger charge is -2.21. The molecule has 18 heavy (non-hydrogen) atoms. The van der Waals surface area contributed by atoms with Crippen LogP contribution < -0.4 is 4.72 Å². The van der Waals surface area contributed by atoms with Crippen LogP contribution in [-0.4, -0.2) is 24.9 Å². The fourth-order valence-electron chi connectivity index (χ4n) is 1.11. The molecular weight excluding hydrogens is 250 g/mol. The van der Waals surface area contributed by atoms with Gasteiger partial charge in [0.1, 0.15) is 6.61 Å². The van der Waals surface area contributed by atoms with Crippen molar-refractivity contribution in [1.82, 2.24) is 0 Å². The maximum absolute atomic E-state index is 12.0.